The van der Waals surface area contributed by atoms with E-state index in [1.54, 1.807) is 15.5 Å². The van der Waals surface area contributed by atoms with Crippen molar-refractivity contribution in [2.45, 2.75) is 39.2 Å². The number of benzene rings is 1. The summed E-state index contributed by atoms with van der Waals surface area (Å²) in [5.41, 5.74) is 6.41. The number of carbonyl (C=O) groups is 1. The molecule has 3 aliphatic heterocycles. The number of nitriles is 1. The van der Waals surface area contributed by atoms with Crippen LogP contribution in [0.25, 0.3) is 0 Å². The number of hydrogen-bond donors (Lipinski definition) is 1. The molecule has 1 fully saturated rings. The quantitative estimate of drug-likeness (QED) is 0.643. The van der Waals surface area contributed by atoms with Crippen molar-refractivity contribution in [1.82, 2.24) is 9.47 Å². The molecular weight excluding hydrogens is 470 g/mol. The largest absolute Gasteiger partial charge is 0.440 e. The van der Waals surface area contributed by atoms with Crippen LogP contribution in [-0.4, -0.2) is 54.8 Å². The Morgan fingerprint density at radius 1 is 1.16 bits per heavy atom. The number of fused-ring (bicyclic) bond motifs is 4. The Kier molecular flexibility index (Phi) is 6.56. The normalized spacial score (nSPS) is 21.3. The second-order valence-electron chi connectivity index (χ2n) is 10.3. The van der Waals surface area contributed by atoms with Gasteiger partial charge in [0, 0.05) is 55.7 Å². The fraction of sp³-hybridized carbons (Fsp3) is 0.464. The lowest BCUT2D eigenvalue weighted by Gasteiger charge is -2.34. The number of ether oxygens (including phenoxy) is 2. The molecule has 1 aromatic heterocycles. The second-order valence-corrected chi connectivity index (χ2v) is 10.3. The Morgan fingerprint density at radius 2 is 1.89 bits per heavy atom. The number of hydrogen-bond acceptors (Lipinski definition) is 7. The van der Waals surface area contributed by atoms with Gasteiger partial charge in [0.2, 0.25) is 11.8 Å². The van der Waals surface area contributed by atoms with Gasteiger partial charge in [-0.1, -0.05) is 32.0 Å². The maximum absolute atomic E-state index is 14.4. The predicted octanol–water partition coefficient (Wildman–Crippen LogP) is 2.25. The number of carbonyl (C=O) groups excluding carboxylic acids is 1. The average Bonchev–Trinajstić information content (AvgIpc) is 3.10. The summed E-state index contributed by atoms with van der Waals surface area (Å²) in [6, 6.07) is 11.2. The molecule has 5 rings (SSSR count). The van der Waals surface area contributed by atoms with Crippen molar-refractivity contribution in [2.75, 3.05) is 44.3 Å². The van der Waals surface area contributed by atoms with E-state index < -0.39 is 5.41 Å². The van der Waals surface area contributed by atoms with Gasteiger partial charge in [0.05, 0.1) is 18.8 Å². The number of aromatic nitrogens is 1. The molecule has 37 heavy (non-hydrogen) atoms. The molecule has 0 saturated carbocycles. The smallest absolute Gasteiger partial charge is 0.259 e. The topological polar surface area (TPSA) is 114 Å². The first-order valence-electron chi connectivity index (χ1n) is 12.8. The van der Waals surface area contributed by atoms with Gasteiger partial charge in [0.1, 0.15) is 17.4 Å². The molecular formula is C28H33N5O4. The fourth-order valence-electron chi connectivity index (χ4n) is 5.82. The molecule has 3 aliphatic rings. The third-order valence-electron chi connectivity index (χ3n) is 7.47. The monoisotopic (exact) mass is 503 g/mol. The van der Waals surface area contributed by atoms with E-state index in [9.17, 15) is 14.9 Å². The van der Waals surface area contributed by atoms with Crippen molar-refractivity contribution in [2.24, 2.45) is 11.7 Å². The third kappa shape index (κ3) is 3.92. The summed E-state index contributed by atoms with van der Waals surface area (Å²) in [5, 5.41) is 10.3. The highest BCUT2D eigenvalue weighted by molar-refractivity contribution is 6.14. The van der Waals surface area contributed by atoms with Crippen molar-refractivity contribution >= 4 is 11.6 Å². The number of pyridine rings is 1. The van der Waals surface area contributed by atoms with Crippen LogP contribution in [0.5, 0.6) is 5.75 Å². The summed E-state index contributed by atoms with van der Waals surface area (Å²) < 4.78 is 13.0. The predicted molar refractivity (Wildman–Crippen MR) is 139 cm³/mol. The SMILES string of the molecule is Cc1cc2c(c(=O)n1CCCN1CCOCC1)C1(C(=O)N(CC(C)C)c3ccccc31)C(C#N)=C(N)O2. The molecule has 0 aliphatic carbocycles. The molecule has 1 unspecified atom stereocenters. The van der Waals surface area contributed by atoms with Crippen LogP contribution in [0, 0.1) is 24.2 Å². The van der Waals surface area contributed by atoms with E-state index in [4.69, 9.17) is 15.2 Å². The Labute approximate surface area is 216 Å². The molecule has 9 nitrogen and oxygen atoms in total. The van der Waals surface area contributed by atoms with Gasteiger partial charge in [0.25, 0.3) is 5.56 Å². The number of nitrogens with two attached hydrogens (primary N) is 1. The minimum atomic E-state index is -1.64. The van der Waals surface area contributed by atoms with Crippen molar-refractivity contribution in [3.8, 4) is 11.8 Å². The zero-order valence-electron chi connectivity index (χ0n) is 21.6. The molecule has 1 saturated heterocycles. The van der Waals surface area contributed by atoms with Gasteiger partial charge in [-0.2, -0.15) is 5.26 Å². The van der Waals surface area contributed by atoms with Gasteiger partial charge in [-0.15, -0.1) is 0 Å². The summed E-state index contributed by atoms with van der Waals surface area (Å²) in [6.07, 6.45) is 0.764. The first kappa shape index (κ1) is 25.1. The van der Waals surface area contributed by atoms with Crippen LogP contribution >= 0.6 is 0 Å². The van der Waals surface area contributed by atoms with Crippen LogP contribution in [0.2, 0.25) is 0 Å². The van der Waals surface area contributed by atoms with E-state index in [1.165, 1.54) is 0 Å². The highest BCUT2D eigenvalue weighted by Gasteiger charge is 2.60. The van der Waals surface area contributed by atoms with Crippen molar-refractivity contribution < 1.29 is 14.3 Å². The van der Waals surface area contributed by atoms with E-state index in [2.05, 4.69) is 11.0 Å². The summed E-state index contributed by atoms with van der Waals surface area (Å²) in [7, 11) is 0. The molecule has 2 aromatic rings. The van der Waals surface area contributed by atoms with Gasteiger partial charge < -0.3 is 24.7 Å². The summed E-state index contributed by atoms with van der Waals surface area (Å²) in [4.78, 5) is 32.6. The molecule has 1 amide bonds. The Bertz CT molecular complexity index is 1370. The van der Waals surface area contributed by atoms with E-state index in [0.29, 0.717) is 30.0 Å². The Hall–Kier alpha value is -3.61. The maximum Gasteiger partial charge on any atom is 0.259 e. The Morgan fingerprint density at radius 3 is 2.59 bits per heavy atom. The number of rotatable bonds is 6. The van der Waals surface area contributed by atoms with Gasteiger partial charge >= 0.3 is 0 Å². The van der Waals surface area contributed by atoms with Crippen LogP contribution in [0.15, 0.2) is 46.6 Å². The zero-order valence-corrected chi connectivity index (χ0v) is 21.6. The molecule has 0 radical (unpaired) electrons. The minimum Gasteiger partial charge on any atom is -0.440 e. The number of nitrogens with zero attached hydrogens (tertiary/aromatic N) is 4. The number of aryl methyl sites for hydroxylation is 1. The van der Waals surface area contributed by atoms with Crippen LogP contribution in [0.4, 0.5) is 5.69 Å². The van der Waals surface area contributed by atoms with Gasteiger partial charge in [0.15, 0.2) is 5.41 Å². The zero-order chi connectivity index (χ0) is 26.3. The molecule has 9 heteroatoms. The lowest BCUT2D eigenvalue weighted by molar-refractivity contribution is -0.121. The molecule has 194 valence electrons. The lowest BCUT2D eigenvalue weighted by atomic mass is 9.69. The van der Waals surface area contributed by atoms with Crippen molar-refractivity contribution in [3.05, 3.63) is 69.0 Å². The van der Waals surface area contributed by atoms with Crippen LogP contribution < -0.4 is 20.9 Å². The van der Waals surface area contributed by atoms with Crippen LogP contribution in [0.3, 0.4) is 0 Å². The second kappa shape index (κ2) is 9.69. The number of anilines is 1. The first-order valence-corrected chi connectivity index (χ1v) is 12.8. The number of morpholine rings is 1. The van der Waals surface area contributed by atoms with E-state index in [0.717, 1.165) is 39.3 Å². The average molecular weight is 504 g/mol. The Balaban J connectivity index is 1.66. The molecule has 1 aromatic carbocycles. The fourth-order valence-corrected chi connectivity index (χ4v) is 5.82. The van der Waals surface area contributed by atoms with E-state index >= 15 is 0 Å². The summed E-state index contributed by atoms with van der Waals surface area (Å²) in [6.45, 7) is 10.9. The molecule has 0 bridgehead atoms. The lowest BCUT2D eigenvalue weighted by Crippen LogP contribution is -2.50. The van der Waals surface area contributed by atoms with Crippen LogP contribution in [0.1, 0.15) is 37.1 Å². The van der Waals surface area contributed by atoms with Crippen LogP contribution in [-0.2, 0) is 21.5 Å². The van der Waals surface area contributed by atoms with Gasteiger partial charge in [-0.25, -0.2) is 0 Å². The molecule has 1 spiro atoms. The number of para-hydroxylation sites is 1. The molecule has 1 atom stereocenters. The highest BCUT2D eigenvalue weighted by atomic mass is 16.5. The van der Waals surface area contributed by atoms with Crippen molar-refractivity contribution in [1.29, 1.82) is 5.26 Å². The minimum absolute atomic E-state index is 0.0375. The van der Waals surface area contributed by atoms with Crippen molar-refractivity contribution in [3.63, 3.8) is 0 Å². The summed E-state index contributed by atoms with van der Waals surface area (Å²) in [5.74, 6) is -0.0770. The molecule has 4 heterocycles. The first-order chi connectivity index (χ1) is 17.8. The molecule has 2 N–H and O–H groups in total. The van der Waals surface area contributed by atoms with E-state index in [1.807, 2.05) is 45.0 Å². The van der Waals surface area contributed by atoms with Gasteiger partial charge in [-0.3, -0.25) is 14.5 Å². The summed E-state index contributed by atoms with van der Waals surface area (Å²) >= 11 is 0. The number of amides is 1. The van der Waals surface area contributed by atoms with E-state index in [-0.39, 0.29) is 40.2 Å². The standard InChI is InChI=1S/C28H33N5O4/c1-18(2)17-33-22-8-5-4-7-20(22)28(27(33)35)21(16-29)25(30)37-23-15-19(3)32(26(34)24(23)28)10-6-9-31-11-13-36-14-12-31/h4-5,7-8,15,18H,6,9-14,17,30H2,1-3H3. The highest BCUT2D eigenvalue weighted by Crippen LogP contribution is 2.54. The van der Waals surface area contributed by atoms with Gasteiger partial charge in [-0.05, 0) is 25.3 Å². The third-order valence-corrected chi connectivity index (χ3v) is 7.47. The maximum atomic E-state index is 14.4.